The lowest BCUT2D eigenvalue weighted by Gasteiger charge is -2.55. The lowest BCUT2D eigenvalue weighted by Crippen LogP contribution is -2.48. The van der Waals surface area contributed by atoms with E-state index >= 15 is 0 Å². The zero-order valence-electron chi connectivity index (χ0n) is 10.2. The molecule has 3 atom stereocenters. The first kappa shape index (κ1) is 9.86. The van der Waals surface area contributed by atoms with Crippen LogP contribution in [0.15, 0.2) is 0 Å². The van der Waals surface area contributed by atoms with Crippen LogP contribution in [0.25, 0.3) is 0 Å². The Balaban J connectivity index is 2.16. The summed E-state index contributed by atoms with van der Waals surface area (Å²) in [6.07, 6.45) is 7.33. The number of rotatable bonds is 0. The molecule has 0 radical (unpaired) electrons. The fourth-order valence-electron chi connectivity index (χ4n) is 5.46. The minimum absolute atomic E-state index is 0.353. The minimum Gasteiger partial charge on any atom is -0.299 e. The van der Waals surface area contributed by atoms with Gasteiger partial charge in [0.1, 0.15) is 5.78 Å². The first-order valence-corrected chi connectivity index (χ1v) is 6.46. The van der Waals surface area contributed by atoms with Crippen molar-refractivity contribution in [2.45, 2.75) is 59.3 Å². The predicted octanol–water partition coefficient (Wildman–Crippen LogP) is 3.57. The van der Waals surface area contributed by atoms with Crippen LogP contribution in [0.1, 0.15) is 59.3 Å². The van der Waals surface area contributed by atoms with Gasteiger partial charge in [0.15, 0.2) is 0 Å². The molecule has 3 aliphatic carbocycles. The van der Waals surface area contributed by atoms with Crippen LogP contribution in [0, 0.1) is 22.2 Å². The summed E-state index contributed by atoms with van der Waals surface area (Å²) in [6.45, 7) is 7.23. The molecular weight excluding hydrogens is 184 g/mol. The van der Waals surface area contributed by atoms with Gasteiger partial charge in [-0.05, 0) is 41.9 Å². The number of Topliss-reactive ketones (excluding diaryl/α,β-unsaturated/α-hetero) is 1. The molecular formula is C14H22O. The van der Waals surface area contributed by atoms with Crippen LogP contribution in [0.3, 0.4) is 0 Å². The van der Waals surface area contributed by atoms with Crippen molar-refractivity contribution in [1.29, 1.82) is 0 Å². The van der Waals surface area contributed by atoms with E-state index in [0.717, 1.165) is 6.42 Å². The van der Waals surface area contributed by atoms with Crippen molar-refractivity contribution in [3.63, 3.8) is 0 Å². The molecule has 0 aliphatic heterocycles. The third-order valence-corrected chi connectivity index (χ3v) is 6.38. The lowest BCUT2D eigenvalue weighted by molar-refractivity contribution is -0.123. The van der Waals surface area contributed by atoms with Crippen LogP contribution in [0.4, 0.5) is 0 Å². The fraction of sp³-hybridized carbons (Fsp3) is 0.929. The smallest absolute Gasteiger partial charge is 0.137 e. The second-order valence-corrected chi connectivity index (χ2v) is 6.97. The summed E-state index contributed by atoms with van der Waals surface area (Å²) in [7, 11) is 0. The maximum Gasteiger partial charge on any atom is 0.137 e. The maximum atomic E-state index is 12.1. The first-order chi connectivity index (χ1) is 6.93. The third kappa shape index (κ3) is 0.855. The Morgan fingerprint density at radius 3 is 2.47 bits per heavy atom. The molecule has 3 fully saturated rings. The normalized spacial score (nSPS) is 51.9. The average Bonchev–Trinajstić information content (AvgIpc) is 2.53. The highest BCUT2D eigenvalue weighted by Gasteiger charge is 2.70. The van der Waals surface area contributed by atoms with Gasteiger partial charge in [-0.15, -0.1) is 0 Å². The monoisotopic (exact) mass is 206 g/mol. The quantitative estimate of drug-likeness (QED) is 0.592. The molecule has 2 bridgehead atoms. The van der Waals surface area contributed by atoms with Gasteiger partial charge >= 0.3 is 0 Å². The summed E-state index contributed by atoms with van der Waals surface area (Å²) >= 11 is 0. The molecule has 3 rings (SSSR count). The molecule has 0 spiro atoms. The molecule has 84 valence electrons. The van der Waals surface area contributed by atoms with Gasteiger partial charge in [0.25, 0.3) is 0 Å². The molecule has 0 saturated heterocycles. The Hall–Kier alpha value is -0.330. The van der Waals surface area contributed by atoms with E-state index in [9.17, 15) is 4.79 Å². The molecule has 0 aromatic carbocycles. The van der Waals surface area contributed by atoms with E-state index in [-0.39, 0.29) is 0 Å². The van der Waals surface area contributed by atoms with E-state index in [1.54, 1.807) is 0 Å². The number of carbonyl (C=O) groups is 1. The highest BCUT2D eigenvalue weighted by Crippen LogP contribution is 2.75. The van der Waals surface area contributed by atoms with Crippen molar-refractivity contribution < 1.29 is 4.79 Å². The van der Waals surface area contributed by atoms with Crippen LogP contribution >= 0.6 is 0 Å². The average molecular weight is 206 g/mol. The van der Waals surface area contributed by atoms with Crippen molar-refractivity contribution in [1.82, 2.24) is 0 Å². The summed E-state index contributed by atoms with van der Waals surface area (Å²) in [6, 6.07) is 0. The standard InChI is InChI=1S/C14H22O/c1-12(2)6-4-7-13(3)10-5-8-14(12,13)9-11(10)15/h10H,4-9H2,1-3H3/t10-,13+,14+/m0/s1. The van der Waals surface area contributed by atoms with E-state index < -0.39 is 0 Å². The van der Waals surface area contributed by atoms with Gasteiger partial charge in [-0.2, -0.15) is 0 Å². The van der Waals surface area contributed by atoms with Crippen molar-refractivity contribution in [2.75, 3.05) is 0 Å². The third-order valence-electron chi connectivity index (χ3n) is 6.38. The van der Waals surface area contributed by atoms with Crippen LogP contribution in [0.5, 0.6) is 0 Å². The van der Waals surface area contributed by atoms with Gasteiger partial charge in [0.05, 0.1) is 0 Å². The van der Waals surface area contributed by atoms with Gasteiger partial charge in [-0.1, -0.05) is 27.2 Å². The molecule has 0 heterocycles. The van der Waals surface area contributed by atoms with Gasteiger partial charge in [0, 0.05) is 12.3 Å². The van der Waals surface area contributed by atoms with Crippen LogP contribution in [-0.4, -0.2) is 5.78 Å². The zero-order chi connectivity index (χ0) is 10.9. The molecule has 0 aromatic rings. The number of carbonyl (C=O) groups excluding carboxylic acids is 1. The van der Waals surface area contributed by atoms with Gasteiger partial charge in [0.2, 0.25) is 0 Å². The first-order valence-electron chi connectivity index (χ1n) is 6.46. The number of hydrogen-bond donors (Lipinski definition) is 0. The highest BCUT2D eigenvalue weighted by atomic mass is 16.1. The second kappa shape index (κ2) is 2.49. The summed E-state index contributed by atoms with van der Waals surface area (Å²) in [5.74, 6) is 0.996. The minimum atomic E-state index is 0.353. The number of hydrogen-bond acceptors (Lipinski definition) is 1. The summed E-state index contributed by atoms with van der Waals surface area (Å²) < 4.78 is 0. The Morgan fingerprint density at radius 1 is 1.13 bits per heavy atom. The largest absolute Gasteiger partial charge is 0.299 e. The topological polar surface area (TPSA) is 17.1 Å². The van der Waals surface area contributed by atoms with Crippen molar-refractivity contribution >= 4 is 5.78 Å². The van der Waals surface area contributed by atoms with Crippen molar-refractivity contribution in [3.05, 3.63) is 0 Å². The Kier molecular flexibility index (Phi) is 1.64. The highest BCUT2D eigenvalue weighted by molar-refractivity contribution is 5.87. The van der Waals surface area contributed by atoms with E-state index in [0.29, 0.717) is 27.9 Å². The fourth-order valence-corrected chi connectivity index (χ4v) is 5.46. The molecule has 0 unspecified atom stereocenters. The van der Waals surface area contributed by atoms with E-state index in [1.165, 1.54) is 32.1 Å². The molecule has 3 aliphatic rings. The Bertz CT molecular complexity index is 330. The molecule has 15 heavy (non-hydrogen) atoms. The Morgan fingerprint density at radius 2 is 1.87 bits per heavy atom. The molecule has 0 aromatic heterocycles. The zero-order valence-corrected chi connectivity index (χ0v) is 10.2. The summed E-state index contributed by atoms with van der Waals surface area (Å²) in [5.41, 5.74) is 1.10. The van der Waals surface area contributed by atoms with Gasteiger partial charge < -0.3 is 0 Å². The molecule has 1 nitrogen and oxygen atoms in total. The summed E-state index contributed by atoms with van der Waals surface area (Å²) in [5, 5.41) is 0. The molecule has 0 amide bonds. The second-order valence-electron chi connectivity index (χ2n) is 6.97. The predicted molar refractivity (Wildman–Crippen MR) is 60.5 cm³/mol. The summed E-state index contributed by atoms with van der Waals surface area (Å²) in [4.78, 5) is 12.1. The van der Waals surface area contributed by atoms with E-state index in [4.69, 9.17) is 0 Å². The van der Waals surface area contributed by atoms with Crippen LogP contribution < -0.4 is 0 Å². The van der Waals surface area contributed by atoms with Crippen molar-refractivity contribution in [2.24, 2.45) is 22.2 Å². The van der Waals surface area contributed by atoms with Gasteiger partial charge in [-0.3, -0.25) is 4.79 Å². The van der Waals surface area contributed by atoms with Gasteiger partial charge in [-0.25, -0.2) is 0 Å². The Labute approximate surface area is 92.6 Å². The molecule has 3 saturated carbocycles. The van der Waals surface area contributed by atoms with Crippen molar-refractivity contribution in [3.8, 4) is 0 Å². The van der Waals surface area contributed by atoms with E-state index in [2.05, 4.69) is 20.8 Å². The number of ketones is 1. The molecule has 1 heteroatoms. The maximum absolute atomic E-state index is 12.1. The molecule has 0 N–H and O–H groups in total. The van der Waals surface area contributed by atoms with Crippen LogP contribution in [0.2, 0.25) is 0 Å². The van der Waals surface area contributed by atoms with Crippen LogP contribution in [-0.2, 0) is 4.79 Å². The van der Waals surface area contributed by atoms with E-state index in [1.807, 2.05) is 0 Å². The SMILES string of the molecule is CC1(C)CCC[C@]2(C)[C@H]3CC[C@@]12CC3=O. The lowest BCUT2D eigenvalue weighted by atomic mass is 9.49.